The molecule has 0 saturated heterocycles. The van der Waals surface area contributed by atoms with Crippen LogP contribution in [0.4, 0.5) is 5.82 Å². The van der Waals surface area contributed by atoms with E-state index in [0.29, 0.717) is 24.9 Å². The Balaban J connectivity index is 2.23. The molecule has 0 fully saturated rings. The fourth-order valence-corrected chi connectivity index (χ4v) is 1.33. The molecule has 0 aliphatic rings. The maximum absolute atomic E-state index is 10.8. The molecular formula is C13H20N2O3. The molecule has 0 amide bonds. The van der Waals surface area contributed by atoms with Gasteiger partial charge in [-0.1, -0.05) is 13.8 Å². The fourth-order valence-electron chi connectivity index (χ4n) is 1.33. The Kier molecular flexibility index (Phi) is 6.14. The molecule has 2 N–H and O–H groups in total. The molecule has 0 unspecified atom stereocenters. The van der Waals surface area contributed by atoms with Crippen molar-refractivity contribution in [3.05, 3.63) is 23.9 Å². The van der Waals surface area contributed by atoms with E-state index >= 15 is 0 Å². The SMILES string of the molecule is CC(C)CCOCCNc1cc(C(=O)O)ccn1. The minimum absolute atomic E-state index is 0.230. The van der Waals surface area contributed by atoms with Crippen molar-refractivity contribution in [1.29, 1.82) is 0 Å². The van der Waals surface area contributed by atoms with Gasteiger partial charge >= 0.3 is 5.97 Å². The molecule has 0 radical (unpaired) electrons. The van der Waals surface area contributed by atoms with Crippen molar-refractivity contribution in [2.75, 3.05) is 25.1 Å². The van der Waals surface area contributed by atoms with E-state index in [1.165, 1.54) is 18.3 Å². The summed E-state index contributed by atoms with van der Waals surface area (Å²) in [5, 5.41) is 11.9. The average Bonchev–Trinajstić information content (AvgIpc) is 2.33. The normalized spacial score (nSPS) is 10.6. The van der Waals surface area contributed by atoms with Gasteiger partial charge in [-0.3, -0.25) is 0 Å². The van der Waals surface area contributed by atoms with Gasteiger partial charge in [-0.15, -0.1) is 0 Å². The van der Waals surface area contributed by atoms with Crippen LogP contribution in [0.15, 0.2) is 18.3 Å². The molecule has 1 rings (SSSR count). The molecule has 0 aliphatic carbocycles. The largest absolute Gasteiger partial charge is 0.478 e. The van der Waals surface area contributed by atoms with Crippen LogP contribution in [0, 0.1) is 5.92 Å². The second-order valence-corrected chi connectivity index (χ2v) is 4.46. The van der Waals surface area contributed by atoms with Crippen LogP contribution in [0.2, 0.25) is 0 Å². The summed E-state index contributed by atoms with van der Waals surface area (Å²) in [5.41, 5.74) is 0.230. The van der Waals surface area contributed by atoms with Gasteiger partial charge in [0.1, 0.15) is 5.82 Å². The minimum atomic E-state index is -0.950. The molecule has 0 bridgehead atoms. The van der Waals surface area contributed by atoms with Crippen molar-refractivity contribution < 1.29 is 14.6 Å². The summed E-state index contributed by atoms with van der Waals surface area (Å²) in [4.78, 5) is 14.8. The van der Waals surface area contributed by atoms with Gasteiger partial charge in [0.25, 0.3) is 0 Å². The summed E-state index contributed by atoms with van der Waals surface area (Å²) in [5.74, 6) is 0.253. The van der Waals surface area contributed by atoms with Crippen molar-refractivity contribution in [2.24, 2.45) is 5.92 Å². The number of hydrogen-bond acceptors (Lipinski definition) is 4. The second-order valence-electron chi connectivity index (χ2n) is 4.46. The smallest absolute Gasteiger partial charge is 0.335 e. The summed E-state index contributed by atoms with van der Waals surface area (Å²) in [7, 11) is 0. The zero-order valence-electron chi connectivity index (χ0n) is 10.8. The van der Waals surface area contributed by atoms with Gasteiger partial charge in [0, 0.05) is 19.3 Å². The van der Waals surface area contributed by atoms with Crippen molar-refractivity contribution in [3.8, 4) is 0 Å². The van der Waals surface area contributed by atoms with E-state index in [9.17, 15) is 4.79 Å². The highest BCUT2D eigenvalue weighted by molar-refractivity contribution is 5.88. The predicted octanol–water partition coefficient (Wildman–Crippen LogP) is 2.25. The van der Waals surface area contributed by atoms with E-state index in [1.54, 1.807) is 0 Å². The highest BCUT2D eigenvalue weighted by atomic mass is 16.5. The third-order valence-electron chi connectivity index (χ3n) is 2.40. The van der Waals surface area contributed by atoms with Crippen LogP contribution < -0.4 is 5.32 Å². The highest BCUT2D eigenvalue weighted by Crippen LogP contribution is 2.06. The number of carbonyl (C=O) groups is 1. The Bertz CT molecular complexity index is 380. The van der Waals surface area contributed by atoms with E-state index in [1.807, 2.05) is 0 Å². The summed E-state index contributed by atoms with van der Waals surface area (Å²) >= 11 is 0. The zero-order valence-corrected chi connectivity index (χ0v) is 10.8. The van der Waals surface area contributed by atoms with E-state index in [-0.39, 0.29) is 5.56 Å². The lowest BCUT2D eigenvalue weighted by atomic mass is 10.1. The fraction of sp³-hybridized carbons (Fsp3) is 0.538. The monoisotopic (exact) mass is 252 g/mol. The second kappa shape index (κ2) is 7.66. The Hall–Kier alpha value is -1.62. The number of nitrogens with zero attached hydrogens (tertiary/aromatic N) is 1. The van der Waals surface area contributed by atoms with Gasteiger partial charge in [-0.05, 0) is 24.5 Å². The predicted molar refractivity (Wildman–Crippen MR) is 70.0 cm³/mol. The molecule has 1 aromatic rings. The van der Waals surface area contributed by atoms with Gasteiger partial charge in [-0.25, -0.2) is 9.78 Å². The molecule has 0 spiro atoms. The number of ether oxygens (including phenoxy) is 1. The topological polar surface area (TPSA) is 71.5 Å². The lowest BCUT2D eigenvalue weighted by Gasteiger charge is -2.08. The van der Waals surface area contributed by atoms with E-state index in [4.69, 9.17) is 9.84 Å². The number of hydrogen-bond donors (Lipinski definition) is 2. The molecule has 0 aromatic carbocycles. The molecule has 1 heterocycles. The maximum Gasteiger partial charge on any atom is 0.335 e. The van der Waals surface area contributed by atoms with E-state index in [2.05, 4.69) is 24.1 Å². The Labute approximate surface area is 107 Å². The molecule has 0 aliphatic heterocycles. The molecule has 5 nitrogen and oxygen atoms in total. The zero-order chi connectivity index (χ0) is 13.4. The van der Waals surface area contributed by atoms with Crippen LogP contribution >= 0.6 is 0 Å². The number of rotatable bonds is 8. The van der Waals surface area contributed by atoms with Crippen molar-refractivity contribution in [2.45, 2.75) is 20.3 Å². The van der Waals surface area contributed by atoms with Crippen molar-refractivity contribution in [1.82, 2.24) is 4.98 Å². The number of pyridine rings is 1. The van der Waals surface area contributed by atoms with Gasteiger partial charge in [0.05, 0.1) is 12.2 Å². The first-order valence-electron chi connectivity index (χ1n) is 6.10. The minimum Gasteiger partial charge on any atom is -0.478 e. The number of aromatic nitrogens is 1. The molecule has 100 valence electrons. The Morgan fingerprint density at radius 1 is 1.50 bits per heavy atom. The lowest BCUT2D eigenvalue weighted by molar-refractivity contribution is 0.0697. The first-order chi connectivity index (χ1) is 8.59. The summed E-state index contributed by atoms with van der Waals surface area (Å²) in [6.45, 7) is 6.27. The van der Waals surface area contributed by atoms with Gasteiger partial charge in [0.2, 0.25) is 0 Å². The molecule has 0 saturated carbocycles. The van der Waals surface area contributed by atoms with Crippen LogP contribution in [-0.2, 0) is 4.74 Å². The number of aromatic carboxylic acids is 1. The van der Waals surface area contributed by atoms with Crippen LogP contribution in [0.1, 0.15) is 30.6 Å². The van der Waals surface area contributed by atoms with Crippen LogP contribution in [0.25, 0.3) is 0 Å². The standard InChI is InChI=1S/C13H20N2O3/c1-10(2)4-7-18-8-6-15-12-9-11(13(16)17)3-5-14-12/h3,5,9-10H,4,6-8H2,1-2H3,(H,14,15)(H,16,17). The van der Waals surface area contributed by atoms with E-state index < -0.39 is 5.97 Å². The van der Waals surface area contributed by atoms with Crippen LogP contribution in [-0.4, -0.2) is 35.8 Å². The molecule has 5 heteroatoms. The third-order valence-corrected chi connectivity index (χ3v) is 2.40. The van der Waals surface area contributed by atoms with Gasteiger partial charge < -0.3 is 15.2 Å². The Morgan fingerprint density at radius 3 is 2.94 bits per heavy atom. The molecule has 0 atom stereocenters. The van der Waals surface area contributed by atoms with Gasteiger partial charge in [-0.2, -0.15) is 0 Å². The lowest BCUT2D eigenvalue weighted by Crippen LogP contribution is -2.12. The summed E-state index contributed by atoms with van der Waals surface area (Å²) in [6, 6.07) is 2.98. The first-order valence-corrected chi connectivity index (χ1v) is 6.10. The van der Waals surface area contributed by atoms with Gasteiger partial charge in [0.15, 0.2) is 0 Å². The number of carboxylic acid groups (broad SMARTS) is 1. The first kappa shape index (κ1) is 14.4. The Morgan fingerprint density at radius 2 is 2.28 bits per heavy atom. The number of nitrogens with one attached hydrogen (secondary N) is 1. The molecule has 1 aromatic heterocycles. The average molecular weight is 252 g/mol. The number of anilines is 1. The van der Waals surface area contributed by atoms with Crippen LogP contribution in [0.5, 0.6) is 0 Å². The quantitative estimate of drug-likeness (QED) is 0.694. The molecular weight excluding hydrogens is 232 g/mol. The van der Waals surface area contributed by atoms with Crippen molar-refractivity contribution in [3.63, 3.8) is 0 Å². The maximum atomic E-state index is 10.8. The van der Waals surface area contributed by atoms with Crippen molar-refractivity contribution >= 4 is 11.8 Å². The molecule has 18 heavy (non-hydrogen) atoms. The third kappa shape index (κ3) is 5.63. The summed E-state index contributed by atoms with van der Waals surface area (Å²) in [6.07, 6.45) is 2.53. The van der Waals surface area contributed by atoms with E-state index in [0.717, 1.165) is 13.0 Å². The number of carboxylic acids is 1. The summed E-state index contributed by atoms with van der Waals surface area (Å²) < 4.78 is 5.44. The highest BCUT2D eigenvalue weighted by Gasteiger charge is 2.03. The van der Waals surface area contributed by atoms with Crippen LogP contribution in [0.3, 0.4) is 0 Å².